The number of allylic oxidation sites excluding steroid dienone is 1. The van der Waals surface area contributed by atoms with Crippen LogP contribution in [0.3, 0.4) is 0 Å². The molecule has 3 saturated carbocycles. The van der Waals surface area contributed by atoms with E-state index in [0.717, 1.165) is 38.5 Å². The van der Waals surface area contributed by atoms with Gasteiger partial charge in [0.05, 0.1) is 6.10 Å². The van der Waals surface area contributed by atoms with E-state index in [9.17, 15) is 15.2 Å². The standard InChI is InChI=1S/C21H32O4/c1-13(22)16-4-5-17-15-7-11-21(25-24)12-14(23)6-10-20(21,3)18(15)8-9-19(16,17)2/h7,11,14-18,23-24H,4-6,8-10,12H2,1-3H3/t14-,15-,16+,17-,18-,19+,20+,21+/m0/s1. The summed E-state index contributed by atoms with van der Waals surface area (Å²) < 4.78 is 0. The van der Waals surface area contributed by atoms with E-state index in [-0.39, 0.29) is 16.7 Å². The number of hydrogen-bond acceptors (Lipinski definition) is 4. The summed E-state index contributed by atoms with van der Waals surface area (Å²) in [6, 6.07) is 0. The van der Waals surface area contributed by atoms with E-state index in [1.165, 1.54) is 0 Å². The Kier molecular flexibility index (Phi) is 3.99. The summed E-state index contributed by atoms with van der Waals surface area (Å²) in [6.45, 7) is 6.34. The number of fused-ring (bicyclic) bond motifs is 5. The molecule has 0 aliphatic heterocycles. The quantitative estimate of drug-likeness (QED) is 0.450. The Labute approximate surface area is 150 Å². The van der Waals surface area contributed by atoms with Gasteiger partial charge in [0, 0.05) is 17.8 Å². The van der Waals surface area contributed by atoms with E-state index in [1.54, 1.807) is 6.92 Å². The van der Waals surface area contributed by atoms with Crippen molar-refractivity contribution in [3.8, 4) is 0 Å². The van der Waals surface area contributed by atoms with Crippen molar-refractivity contribution in [2.75, 3.05) is 0 Å². The molecule has 0 bridgehead atoms. The zero-order chi connectivity index (χ0) is 18.0. The summed E-state index contributed by atoms with van der Waals surface area (Å²) in [5.74, 6) is 1.99. The van der Waals surface area contributed by atoms with Crippen molar-refractivity contribution in [1.29, 1.82) is 0 Å². The minimum absolute atomic E-state index is 0.113. The molecule has 4 heteroatoms. The molecule has 0 spiro atoms. The molecular formula is C21H32O4. The fourth-order valence-electron chi connectivity index (χ4n) is 7.43. The highest BCUT2D eigenvalue weighted by Gasteiger charge is 2.64. The Hall–Kier alpha value is -0.710. The summed E-state index contributed by atoms with van der Waals surface area (Å²) in [5, 5.41) is 20.0. The zero-order valence-electron chi connectivity index (χ0n) is 15.7. The van der Waals surface area contributed by atoms with Crippen LogP contribution in [-0.4, -0.2) is 27.9 Å². The maximum absolute atomic E-state index is 12.2. The van der Waals surface area contributed by atoms with E-state index < -0.39 is 11.7 Å². The molecule has 4 rings (SSSR count). The Morgan fingerprint density at radius 2 is 1.88 bits per heavy atom. The molecule has 0 unspecified atom stereocenters. The third kappa shape index (κ3) is 2.20. The van der Waals surface area contributed by atoms with Crippen LogP contribution in [0.25, 0.3) is 0 Å². The van der Waals surface area contributed by atoms with Gasteiger partial charge in [-0.2, -0.15) is 0 Å². The number of carbonyl (C=O) groups is 1. The van der Waals surface area contributed by atoms with Crippen LogP contribution in [0.5, 0.6) is 0 Å². The Bertz CT molecular complexity index is 601. The lowest BCUT2D eigenvalue weighted by molar-refractivity contribution is -0.361. The molecule has 4 aliphatic carbocycles. The minimum atomic E-state index is -0.766. The monoisotopic (exact) mass is 348 g/mol. The molecule has 0 aromatic heterocycles. The van der Waals surface area contributed by atoms with Gasteiger partial charge in [-0.3, -0.25) is 10.1 Å². The normalized spacial score (nSPS) is 54.5. The third-order valence-corrected chi connectivity index (χ3v) is 8.89. The van der Waals surface area contributed by atoms with Crippen LogP contribution in [0.4, 0.5) is 0 Å². The molecule has 0 aromatic carbocycles. The van der Waals surface area contributed by atoms with Crippen LogP contribution in [-0.2, 0) is 9.68 Å². The average molecular weight is 348 g/mol. The van der Waals surface area contributed by atoms with Gasteiger partial charge in [0.2, 0.25) is 0 Å². The number of aliphatic hydroxyl groups is 1. The molecule has 25 heavy (non-hydrogen) atoms. The van der Waals surface area contributed by atoms with Crippen molar-refractivity contribution in [3.05, 3.63) is 12.2 Å². The molecule has 4 nitrogen and oxygen atoms in total. The van der Waals surface area contributed by atoms with Crippen LogP contribution < -0.4 is 0 Å². The van der Waals surface area contributed by atoms with Gasteiger partial charge < -0.3 is 5.11 Å². The first-order valence-corrected chi connectivity index (χ1v) is 9.98. The van der Waals surface area contributed by atoms with Crippen LogP contribution in [0.1, 0.15) is 65.7 Å². The van der Waals surface area contributed by atoms with Gasteiger partial charge in [-0.25, -0.2) is 4.89 Å². The van der Waals surface area contributed by atoms with E-state index in [0.29, 0.717) is 30.0 Å². The van der Waals surface area contributed by atoms with Gasteiger partial charge >= 0.3 is 0 Å². The molecule has 4 aliphatic rings. The average Bonchev–Trinajstić information content (AvgIpc) is 2.93. The lowest BCUT2D eigenvalue weighted by atomic mass is 9.45. The molecule has 3 fully saturated rings. The highest BCUT2D eigenvalue weighted by Crippen LogP contribution is 2.67. The number of hydrogen-bond donors (Lipinski definition) is 2. The summed E-state index contributed by atoms with van der Waals surface area (Å²) >= 11 is 0. The van der Waals surface area contributed by atoms with Crippen molar-refractivity contribution in [1.82, 2.24) is 0 Å². The highest BCUT2D eigenvalue weighted by molar-refractivity contribution is 5.79. The van der Waals surface area contributed by atoms with Crippen molar-refractivity contribution in [2.24, 2.45) is 34.5 Å². The first-order chi connectivity index (χ1) is 11.8. The molecule has 0 aromatic rings. The van der Waals surface area contributed by atoms with Gasteiger partial charge in [-0.15, -0.1) is 0 Å². The first-order valence-electron chi connectivity index (χ1n) is 9.98. The number of Topliss-reactive ketones (excluding diaryl/α,β-unsaturated/α-hetero) is 1. The maximum atomic E-state index is 12.2. The molecule has 2 N–H and O–H groups in total. The summed E-state index contributed by atoms with van der Waals surface area (Å²) in [6.07, 6.45) is 10.3. The van der Waals surface area contributed by atoms with E-state index in [2.05, 4.69) is 19.9 Å². The van der Waals surface area contributed by atoms with Gasteiger partial charge in [0.25, 0.3) is 0 Å². The highest BCUT2D eigenvalue weighted by atomic mass is 17.1. The fraction of sp³-hybridized carbons (Fsp3) is 0.857. The second-order valence-corrected chi connectivity index (χ2v) is 9.73. The Balaban J connectivity index is 1.73. The smallest absolute Gasteiger partial charge is 0.133 e. The van der Waals surface area contributed by atoms with Crippen molar-refractivity contribution in [3.63, 3.8) is 0 Å². The summed E-state index contributed by atoms with van der Waals surface area (Å²) in [7, 11) is 0. The van der Waals surface area contributed by atoms with Crippen molar-refractivity contribution in [2.45, 2.75) is 77.4 Å². The topological polar surface area (TPSA) is 66.8 Å². The lowest BCUT2D eigenvalue weighted by Gasteiger charge is -2.61. The van der Waals surface area contributed by atoms with Crippen molar-refractivity contribution < 1.29 is 20.0 Å². The maximum Gasteiger partial charge on any atom is 0.133 e. The third-order valence-electron chi connectivity index (χ3n) is 8.89. The van der Waals surface area contributed by atoms with Gasteiger partial charge in [0.15, 0.2) is 0 Å². The summed E-state index contributed by atoms with van der Waals surface area (Å²) in [5.41, 5.74) is -0.809. The van der Waals surface area contributed by atoms with Crippen LogP contribution >= 0.6 is 0 Å². The second kappa shape index (κ2) is 5.64. The van der Waals surface area contributed by atoms with Crippen LogP contribution in [0.2, 0.25) is 0 Å². The predicted octanol–water partition coefficient (Wildman–Crippen LogP) is 3.98. The fourth-order valence-corrected chi connectivity index (χ4v) is 7.43. The van der Waals surface area contributed by atoms with Gasteiger partial charge in [0.1, 0.15) is 11.4 Å². The largest absolute Gasteiger partial charge is 0.393 e. The molecule has 8 atom stereocenters. The molecule has 0 amide bonds. The molecule has 140 valence electrons. The summed E-state index contributed by atoms with van der Waals surface area (Å²) in [4.78, 5) is 17.3. The molecular weight excluding hydrogens is 316 g/mol. The number of ketones is 1. The lowest BCUT2D eigenvalue weighted by Crippen LogP contribution is -2.61. The Morgan fingerprint density at radius 1 is 1.12 bits per heavy atom. The van der Waals surface area contributed by atoms with E-state index >= 15 is 0 Å². The predicted molar refractivity (Wildman–Crippen MR) is 94.8 cm³/mol. The van der Waals surface area contributed by atoms with Crippen LogP contribution in [0, 0.1) is 34.5 Å². The first kappa shape index (κ1) is 17.7. The second-order valence-electron chi connectivity index (χ2n) is 9.73. The van der Waals surface area contributed by atoms with E-state index in [4.69, 9.17) is 4.89 Å². The van der Waals surface area contributed by atoms with Gasteiger partial charge in [-0.1, -0.05) is 26.0 Å². The molecule has 0 heterocycles. The molecule has 0 saturated heterocycles. The number of rotatable bonds is 2. The Morgan fingerprint density at radius 3 is 2.56 bits per heavy atom. The number of carbonyl (C=O) groups excluding carboxylic acids is 1. The zero-order valence-corrected chi connectivity index (χ0v) is 15.7. The van der Waals surface area contributed by atoms with Crippen molar-refractivity contribution >= 4 is 5.78 Å². The van der Waals surface area contributed by atoms with Crippen LogP contribution in [0.15, 0.2) is 12.2 Å². The molecule has 0 radical (unpaired) electrons. The number of aliphatic hydroxyl groups excluding tert-OH is 1. The minimum Gasteiger partial charge on any atom is -0.393 e. The SMILES string of the molecule is CC(=O)[C@H]1CC[C@H]2[C@@H]3C=C[C@@]4(OO)C[C@@H](O)CC[C@]4(C)[C@H]3CC[C@]12C. The van der Waals surface area contributed by atoms with Gasteiger partial charge in [-0.05, 0) is 68.6 Å². The van der Waals surface area contributed by atoms with E-state index in [1.807, 2.05) is 6.08 Å².